The van der Waals surface area contributed by atoms with Gasteiger partial charge in [-0.25, -0.2) is 0 Å². The SMILES string of the molecule is Cc1cccc(-c2n[nH]nc2-c2ccc3nccnc3c2)n1. The summed E-state index contributed by atoms with van der Waals surface area (Å²) >= 11 is 0. The average molecular weight is 288 g/mol. The molecule has 0 saturated carbocycles. The van der Waals surface area contributed by atoms with Gasteiger partial charge in [-0.05, 0) is 31.2 Å². The molecule has 1 N–H and O–H groups in total. The van der Waals surface area contributed by atoms with Crippen LogP contribution in [0.3, 0.4) is 0 Å². The molecular formula is C16H12N6. The minimum absolute atomic E-state index is 0.729. The third-order valence-corrected chi connectivity index (χ3v) is 3.42. The van der Waals surface area contributed by atoms with Crippen molar-refractivity contribution in [3.63, 3.8) is 0 Å². The minimum Gasteiger partial charge on any atom is -0.253 e. The number of pyridine rings is 1. The summed E-state index contributed by atoms with van der Waals surface area (Å²) in [5.74, 6) is 0. The van der Waals surface area contributed by atoms with Crippen LogP contribution in [0.1, 0.15) is 5.69 Å². The number of aromatic amines is 1. The Morgan fingerprint density at radius 2 is 1.68 bits per heavy atom. The van der Waals surface area contributed by atoms with Gasteiger partial charge in [-0.3, -0.25) is 15.0 Å². The summed E-state index contributed by atoms with van der Waals surface area (Å²) in [6.45, 7) is 1.95. The number of H-pyrrole nitrogens is 1. The Morgan fingerprint density at radius 1 is 0.864 bits per heavy atom. The van der Waals surface area contributed by atoms with Gasteiger partial charge in [0.1, 0.15) is 11.4 Å². The summed E-state index contributed by atoms with van der Waals surface area (Å²) in [6.07, 6.45) is 3.36. The van der Waals surface area contributed by atoms with Gasteiger partial charge < -0.3 is 0 Å². The van der Waals surface area contributed by atoms with Crippen LogP contribution < -0.4 is 0 Å². The number of hydrogen-bond acceptors (Lipinski definition) is 5. The van der Waals surface area contributed by atoms with E-state index in [0.29, 0.717) is 0 Å². The molecule has 0 aliphatic rings. The second-order valence-electron chi connectivity index (χ2n) is 4.94. The maximum atomic E-state index is 4.51. The van der Waals surface area contributed by atoms with Crippen LogP contribution in [0.2, 0.25) is 0 Å². The Kier molecular flexibility index (Phi) is 2.86. The Hall–Kier alpha value is -3.15. The van der Waals surface area contributed by atoms with Gasteiger partial charge in [-0.15, -0.1) is 0 Å². The first-order valence-corrected chi connectivity index (χ1v) is 6.87. The Morgan fingerprint density at radius 3 is 2.55 bits per heavy atom. The van der Waals surface area contributed by atoms with Crippen molar-refractivity contribution < 1.29 is 0 Å². The molecule has 0 bridgehead atoms. The van der Waals surface area contributed by atoms with Gasteiger partial charge in [0.15, 0.2) is 0 Å². The molecule has 0 radical (unpaired) electrons. The first kappa shape index (κ1) is 12.6. The van der Waals surface area contributed by atoms with E-state index in [4.69, 9.17) is 0 Å². The lowest BCUT2D eigenvalue weighted by molar-refractivity contribution is 0.942. The van der Waals surface area contributed by atoms with E-state index >= 15 is 0 Å². The number of rotatable bonds is 2. The number of fused-ring (bicyclic) bond motifs is 1. The zero-order valence-electron chi connectivity index (χ0n) is 11.9. The molecule has 3 aromatic heterocycles. The summed E-state index contributed by atoms with van der Waals surface area (Å²) in [5.41, 5.74) is 5.83. The van der Waals surface area contributed by atoms with Gasteiger partial charge >= 0.3 is 0 Å². The van der Waals surface area contributed by atoms with Crippen molar-refractivity contribution in [2.75, 3.05) is 0 Å². The molecule has 0 aliphatic carbocycles. The topological polar surface area (TPSA) is 80.2 Å². The number of hydrogen-bond donors (Lipinski definition) is 1. The highest BCUT2D eigenvalue weighted by atomic mass is 15.3. The van der Waals surface area contributed by atoms with Crippen molar-refractivity contribution in [2.24, 2.45) is 0 Å². The highest BCUT2D eigenvalue weighted by molar-refractivity contribution is 5.84. The fourth-order valence-corrected chi connectivity index (χ4v) is 2.40. The summed E-state index contributed by atoms with van der Waals surface area (Å²) in [4.78, 5) is 13.1. The molecular weight excluding hydrogens is 276 g/mol. The molecule has 4 rings (SSSR count). The maximum absolute atomic E-state index is 4.51. The predicted molar refractivity (Wildman–Crippen MR) is 82.9 cm³/mol. The van der Waals surface area contributed by atoms with Gasteiger partial charge in [0.05, 0.1) is 16.7 Å². The summed E-state index contributed by atoms with van der Waals surface area (Å²) in [7, 11) is 0. The molecule has 4 aromatic rings. The van der Waals surface area contributed by atoms with E-state index in [0.717, 1.165) is 39.4 Å². The van der Waals surface area contributed by atoms with Crippen LogP contribution in [-0.2, 0) is 0 Å². The molecule has 0 amide bonds. The molecule has 106 valence electrons. The molecule has 0 aliphatic heterocycles. The van der Waals surface area contributed by atoms with Crippen molar-refractivity contribution in [1.82, 2.24) is 30.4 Å². The molecule has 6 nitrogen and oxygen atoms in total. The quantitative estimate of drug-likeness (QED) is 0.613. The van der Waals surface area contributed by atoms with Crippen molar-refractivity contribution in [1.29, 1.82) is 0 Å². The van der Waals surface area contributed by atoms with E-state index in [9.17, 15) is 0 Å². The lowest BCUT2D eigenvalue weighted by Crippen LogP contribution is -1.90. The smallest absolute Gasteiger partial charge is 0.139 e. The second kappa shape index (κ2) is 5.00. The van der Waals surface area contributed by atoms with Crippen LogP contribution in [0.25, 0.3) is 33.7 Å². The number of aryl methyl sites for hydroxylation is 1. The van der Waals surface area contributed by atoms with Crippen LogP contribution in [0.5, 0.6) is 0 Å². The van der Waals surface area contributed by atoms with Crippen LogP contribution >= 0.6 is 0 Å². The van der Waals surface area contributed by atoms with Gasteiger partial charge in [0.2, 0.25) is 0 Å². The van der Waals surface area contributed by atoms with E-state index < -0.39 is 0 Å². The highest BCUT2D eigenvalue weighted by Gasteiger charge is 2.14. The lowest BCUT2D eigenvalue weighted by Gasteiger charge is -2.03. The van der Waals surface area contributed by atoms with Crippen molar-refractivity contribution in [2.45, 2.75) is 6.92 Å². The standard InChI is InChI=1S/C16H12N6/c1-10-3-2-4-13(19-10)16-15(20-22-21-16)11-5-6-12-14(9-11)18-8-7-17-12/h2-9H,1H3,(H,20,21,22). The second-order valence-corrected chi connectivity index (χ2v) is 4.94. The van der Waals surface area contributed by atoms with Crippen LogP contribution in [0.15, 0.2) is 48.8 Å². The molecule has 6 heteroatoms. The molecule has 0 saturated heterocycles. The average Bonchev–Trinajstić information content (AvgIpc) is 3.04. The molecule has 22 heavy (non-hydrogen) atoms. The first-order chi connectivity index (χ1) is 10.8. The monoisotopic (exact) mass is 288 g/mol. The van der Waals surface area contributed by atoms with E-state index in [1.165, 1.54) is 0 Å². The fourth-order valence-electron chi connectivity index (χ4n) is 2.40. The van der Waals surface area contributed by atoms with E-state index in [-0.39, 0.29) is 0 Å². The van der Waals surface area contributed by atoms with Crippen LogP contribution in [-0.4, -0.2) is 30.4 Å². The summed E-state index contributed by atoms with van der Waals surface area (Å²) in [5, 5.41) is 11.2. The largest absolute Gasteiger partial charge is 0.253 e. The van der Waals surface area contributed by atoms with E-state index in [2.05, 4.69) is 30.4 Å². The molecule has 0 fully saturated rings. The van der Waals surface area contributed by atoms with E-state index in [1.807, 2.05) is 43.3 Å². The zero-order valence-corrected chi connectivity index (χ0v) is 11.9. The third kappa shape index (κ3) is 2.10. The third-order valence-electron chi connectivity index (χ3n) is 3.42. The van der Waals surface area contributed by atoms with Crippen LogP contribution in [0.4, 0.5) is 0 Å². The molecule has 0 spiro atoms. The van der Waals surface area contributed by atoms with E-state index in [1.54, 1.807) is 12.4 Å². The maximum Gasteiger partial charge on any atom is 0.139 e. The normalized spacial score (nSPS) is 11.0. The van der Waals surface area contributed by atoms with Crippen LogP contribution in [0, 0.1) is 6.92 Å². The number of nitrogens with zero attached hydrogens (tertiary/aromatic N) is 5. The van der Waals surface area contributed by atoms with Gasteiger partial charge in [-0.1, -0.05) is 12.1 Å². The van der Waals surface area contributed by atoms with Gasteiger partial charge in [0.25, 0.3) is 0 Å². The van der Waals surface area contributed by atoms with Gasteiger partial charge in [0, 0.05) is 23.7 Å². The van der Waals surface area contributed by atoms with Gasteiger partial charge in [-0.2, -0.15) is 15.4 Å². The Balaban J connectivity index is 1.87. The first-order valence-electron chi connectivity index (χ1n) is 6.87. The minimum atomic E-state index is 0.729. The highest BCUT2D eigenvalue weighted by Crippen LogP contribution is 2.28. The molecule has 0 atom stereocenters. The summed E-state index contributed by atoms with van der Waals surface area (Å²) in [6, 6.07) is 11.7. The van der Waals surface area contributed by atoms with Crippen molar-refractivity contribution in [3.05, 3.63) is 54.5 Å². The Labute approximate surface area is 126 Å². The molecule has 0 unspecified atom stereocenters. The molecule has 3 heterocycles. The summed E-state index contributed by atoms with van der Waals surface area (Å²) < 4.78 is 0. The van der Waals surface area contributed by atoms with Crippen molar-refractivity contribution in [3.8, 4) is 22.6 Å². The fraction of sp³-hybridized carbons (Fsp3) is 0.0625. The lowest BCUT2D eigenvalue weighted by atomic mass is 10.1. The zero-order chi connectivity index (χ0) is 14.9. The number of nitrogens with one attached hydrogen (secondary N) is 1. The number of aromatic nitrogens is 6. The van der Waals surface area contributed by atoms with Crippen molar-refractivity contribution >= 4 is 11.0 Å². The Bertz CT molecular complexity index is 959. The predicted octanol–water partition coefficient (Wildman–Crippen LogP) is 2.79. The number of benzene rings is 1. The molecule has 1 aromatic carbocycles.